The molecule has 0 atom stereocenters. The first kappa shape index (κ1) is 21.3. The third-order valence-corrected chi connectivity index (χ3v) is 4.93. The Morgan fingerprint density at radius 1 is 1.06 bits per heavy atom. The molecule has 10 heteroatoms. The summed E-state index contributed by atoms with van der Waals surface area (Å²) < 4.78 is 8.10. The molecule has 0 aliphatic heterocycles. The van der Waals surface area contributed by atoms with Gasteiger partial charge in [-0.2, -0.15) is 0 Å². The molecule has 4 aromatic rings. The highest BCUT2D eigenvalue weighted by atomic mass is 16.5. The zero-order chi connectivity index (χ0) is 22.7. The van der Waals surface area contributed by atoms with Crippen molar-refractivity contribution < 1.29 is 4.74 Å². The maximum Gasteiger partial charge on any atom is 0.332 e. The van der Waals surface area contributed by atoms with E-state index in [0.29, 0.717) is 18.0 Å². The summed E-state index contributed by atoms with van der Waals surface area (Å²) in [6, 6.07) is 10.9. The molecule has 0 spiro atoms. The SMILES string of the molecule is CN(C)CCOc1ccc(-c2nnc3c(n2)c(=O)n(C)c(=O)n3Cc2cccnc2)cc1. The fourth-order valence-electron chi connectivity index (χ4n) is 3.15. The molecule has 0 N–H and O–H groups in total. The number of ether oxygens (including phenoxy) is 1. The fraction of sp³-hybridized carbons (Fsp3) is 0.273. The largest absolute Gasteiger partial charge is 0.492 e. The Morgan fingerprint density at radius 2 is 1.84 bits per heavy atom. The highest BCUT2D eigenvalue weighted by molar-refractivity contribution is 5.71. The number of hydrogen-bond donors (Lipinski definition) is 0. The van der Waals surface area contributed by atoms with E-state index in [1.807, 2.05) is 49.3 Å². The third-order valence-electron chi connectivity index (χ3n) is 4.93. The van der Waals surface area contributed by atoms with Gasteiger partial charge >= 0.3 is 5.69 Å². The van der Waals surface area contributed by atoms with Crippen molar-refractivity contribution in [3.63, 3.8) is 0 Å². The van der Waals surface area contributed by atoms with Crippen LogP contribution in [0.4, 0.5) is 0 Å². The minimum atomic E-state index is -0.521. The molecule has 0 aliphatic rings. The Balaban J connectivity index is 1.70. The second-order valence-corrected chi connectivity index (χ2v) is 7.58. The van der Waals surface area contributed by atoms with Gasteiger partial charge in [-0.05, 0) is 50.0 Å². The molecule has 4 rings (SSSR count). The van der Waals surface area contributed by atoms with E-state index in [1.54, 1.807) is 18.5 Å². The van der Waals surface area contributed by atoms with Gasteiger partial charge in [0, 0.05) is 31.5 Å². The first-order chi connectivity index (χ1) is 15.4. The molecule has 0 amide bonds. The smallest absolute Gasteiger partial charge is 0.332 e. The fourth-order valence-corrected chi connectivity index (χ4v) is 3.15. The van der Waals surface area contributed by atoms with Gasteiger partial charge in [-0.15, -0.1) is 10.2 Å². The molecule has 3 heterocycles. The second-order valence-electron chi connectivity index (χ2n) is 7.58. The highest BCUT2D eigenvalue weighted by Gasteiger charge is 2.16. The van der Waals surface area contributed by atoms with Gasteiger partial charge in [0.15, 0.2) is 17.0 Å². The predicted molar refractivity (Wildman–Crippen MR) is 120 cm³/mol. The van der Waals surface area contributed by atoms with Gasteiger partial charge in [0.25, 0.3) is 5.56 Å². The molecule has 164 valence electrons. The number of pyridine rings is 1. The number of likely N-dealkylation sites (N-methyl/N-ethyl adjacent to an activating group) is 1. The van der Waals surface area contributed by atoms with Gasteiger partial charge < -0.3 is 9.64 Å². The van der Waals surface area contributed by atoms with E-state index in [9.17, 15) is 9.59 Å². The van der Waals surface area contributed by atoms with E-state index in [-0.39, 0.29) is 17.7 Å². The first-order valence-corrected chi connectivity index (χ1v) is 10.0. The van der Waals surface area contributed by atoms with E-state index in [1.165, 1.54) is 11.6 Å². The number of fused-ring (bicyclic) bond motifs is 1. The first-order valence-electron chi connectivity index (χ1n) is 10.0. The van der Waals surface area contributed by atoms with E-state index in [0.717, 1.165) is 22.4 Å². The molecular weight excluding hydrogens is 410 g/mol. The Labute approximate surface area is 183 Å². The molecule has 0 fully saturated rings. The van der Waals surface area contributed by atoms with Gasteiger partial charge in [0.1, 0.15) is 12.4 Å². The van der Waals surface area contributed by atoms with Gasteiger partial charge in [-0.3, -0.25) is 18.9 Å². The molecular formula is C22H23N7O3. The van der Waals surface area contributed by atoms with Gasteiger partial charge in [-0.25, -0.2) is 9.78 Å². The monoisotopic (exact) mass is 433 g/mol. The lowest BCUT2D eigenvalue weighted by molar-refractivity contribution is 0.261. The van der Waals surface area contributed by atoms with E-state index < -0.39 is 11.2 Å². The average Bonchev–Trinajstić information content (AvgIpc) is 2.81. The predicted octanol–water partition coefficient (Wildman–Crippen LogP) is 0.936. The Morgan fingerprint density at radius 3 is 2.53 bits per heavy atom. The number of rotatable bonds is 7. The van der Waals surface area contributed by atoms with Crippen LogP contribution in [0.3, 0.4) is 0 Å². The van der Waals surface area contributed by atoms with Gasteiger partial charge in [0.2, 0.25) is 0 Å². The summed E-state index contributed by atoms with van der Waals surface area (Å²) in [5.41, 5.74) is 0.681. The van der Waals surface area contributed by atoms with Crippen LogP contribution < -0.4 is 16.0 Å². The summed E-state index contributed by atoms with van der Waals surface area (Å²) in [6.07, 6.45) is 3.30. The average molecular weight is 433 g/mol. The summed E-state index contributed by atoms with van der Waals surface area (Å²) in [6.45, 7) is 1.58. The molecule has 0 radical (unpaired) electrons. The van der Waals surface area contributed by atoms with Crippen molar-refractivity contribution in [3.05, 3.63) is 75.2 Å². The second kappa shape index (κ2) is 9.06. The molecule has 0 unspecified atom stereocenters. The lowest BCUT2D eigenvalue weighted by atomic mass is 10.2. The van der Waals surface area contributed by atoms with Gasteiger partial charge in [0.05, 0.1) is 6.54 Å². The van der Waals surface area contributed by atoms with Crippen LogP contribution in [0.25, 0.3) is 22.6 Å². The maximum absolute atomic E-state index is 12.7. The number of hydrogen-bond acceptors (Lipinski definition) is 8. The normalized spacial score (nSPS) is 11.2. The molecule has 0 saturated heterocycles. The Kier molecular flexibility index (Phi) is 6.04. The number of benzene rings is 1. The van der Waals surface area contributed by atoms with Crippen LogP contribution in [0.5, 0.6) is 5.75 Å². The number of aromatic nitrogens is 6. The summed E-state index contributed by atoms with van der Waals surface area (Å²) in [5.74, 6) is 1.02. The van der Waals surface area contributed by atoms with Crippen LogP contribution in [-0.2, 0) is 13.6 Å². The maximum atomic E-state index is 12.7. The summed E-state index contributed by atoms with van der Waals surface area (Å²) in [4.78, 5) is 36.0. The highest BCUT2D eigenvalue weighted by Crippen LogP contribution is 2.19. The Bertz CT molecular complexity index is 1350. The molecule has 1 aromatic carbocycles. The van der Waals surface area contributed by atoms with Crippen molar-refractivity contribution in [2.24, 2.45) is 7.05 Å². The minimum absolute atomic E-state index is 0.0762. The van der Waals surface area contributed by atoms with Crippen molar-refractivity contribution in [1.82, 2.24) is 34.2 Å². The van der Waals surface area contributed by atoms with E-state index in [2.05, 4.69) is 20.2 Å². The van der Waals surface area contributed by atoms with Crippen LogP contribution in [0.15, 0.2) is 58.4 Å². The molecule has 0 aliphatic carbocycles. The van der Waals surface area contributed by atoms with Gasteiger partial charge in [-0.1, -0.05) is 6.07 Å². The van der Waals surface area contributed by atoms with Crippen molar-refractivity contribution in [3.8, 4) is 17.1 Å². The van der Waals surface area contributed by atoms with Crippen LogP contribution in [-0.4, -0.2) is 61.4 Å². The lowest BCUT2D eigenvalue weighted by Gasteiger charge is -2.12. The minimum Gasteiger partial charge on any atom is -0.492 e. The zero-order valence-corrected chi connectivity index (χ0v) is 18.1. The van der Waals surface area contributed by atoms with E-state index in [4.69, 9.17) is 4.74 Å². The summed E-state index contributed by atoms with van der Waals surface area (Å²) >= 11 is 0. The molecule has 3 aromatic heterocycles. The lowest BCUT2D eigenvalue weighted by Crippen LogP contribution is -2.39. The van der Waals surface area contributed by atoms with Crippen molar-refractivity contribution >= 4 is 11.2 Å². The third kappa shape index (κ3) is 4.40. The number of nitrogens with zero attached hydrogens (tertiary/aromatic N) is 7. The zero-order valence-electron chi connectivity index (χ0n) is 18.1. The van der Waals surface area contributed by atoms with Crippen LogP contribution in [0.2, 0.25) is 0 Å². The summed E-state index contributed by atoms with van der Waals surface area (Å²) in [5, 5.41) is 8.36. The van der Waals surface area contributed by atoms with E-state index >= 15 is 0 Å². The molecule has 10 nitrogen and oxygen atoms in total. The van der Waals surface area contributed by atoms with Crippen LogP contribution in [0, 0.1) is 0 Å². The molecule has 0 saturated carbocycles. The molecule has 32 heavy (non-hydrogen) atoms. The quantitative estimate of drug-likeness (QED) is 0.424. The van der Waals surface area contributed by atoms with Crippen molar-refractivity contribution in [1.29, 1.82) is 0 Å². The van der Waals surface area contributed by atoms with Crippen molar-refractivity contribution in [2.45, 2.75) is 6.54 Å². The van der Waals surface area contributed by atoms with Crippen LogP contribution >= 0.6 is 0 Å². The Hall–Kier alpha value is -3.92. The summed E-state index contributed by atoms with van der Waals surface area (Å²) in [7, 11) is 5.39. The van der Waals surface area contributed by atoms with Crippen molar-refractivity contribution in [2.75, 3.05) is 27.2 Å². The van der Waals surface area contributed by atoms with Crippen LogP contribution in [0.1, 0.15) is 5.56 Å². The standard InChI is InChI=1S/C22H23N7O3/c1-27(2)11-12-32-17-8-6-16(7-9-17)19-24-18-20(26-25-19)29(22(31)28(3)21(18)30)14-15-5-4-10-23-13-15/h4-10,13H,11-12,14H2,1-3H3. The topological polar surface area (TPSA) is 108 Å². The molecule has 0 bridgehead atoms.